The van der Waals surface area contributed by atoms with E-state index in [9.17, 15) is 33.3 Å². The molecular formula is C26H35F3O6. The van der Waals surface area contributed by atoms with Gasteiger partial charge in [0.15, 0.2) is 0 Å². The smallest absolute Gasteiger partial charge is 0.416 e. The summed E-state index contributed by atoms with van der Waals surface area (Å²) in [5.41, 5.74) is -0.838. The van der Waals surface area contributed by atoms with E-state index in [1.165, 1.54) is 18.2 Å². The van der Waals surface area contributed by atoms with Crippen LogP contribution in [0.3, 0.4) is 0 Å². The minimum absolute atomic E-state index is 0.00904. The van der Waals surface area contributed by atoms with Crippen LogP contribution in [0.4, 0.5) is 13.2 Å². The summed E-state index contributed by atoms with van der Waals surface area (Å²) >= 11 is 0. The molecule has 0 unspecified atom stereocenters. The van der Waals surface area contributed by atoms with Crippen molar-refractivity contribution in [3.05, 3.63) is 54.1 Å². The third-order valence-corrected chi connectivity index (χ3v) is 5.85. The van der Waals surface area contributed by atoms with Gasteiger partial charge < -0.3 is 24.8 Å². The maximum absolute atomic E-state index is 12.8. The number of hydrogen-bond acceptors (Lipinski definition) is 6. The first-order valence-electron chi connectivity index (χ1n) is 11.9. The van der Waals surface area contributed by atoms with Crippen LogP contribution in [-0.2, 0) is 15.7 Å². The molecular weight excluding hydrogens is 465 g/mol. The highest BCUT2D eigenvalue weighted by Crippen LogP contribution is 2.36. The highest BCUT2D eigenvalue weighted by Gasteiger charge is 2.39. The van der Waals surface area contributed by atoms with Gasteiger partial charge in [-0.1, -0.05) is 37.3 Å². The van der Waals surface area contributed by atoms with Gasteiger partial charge in [0.25, 0.3) is 0 Å². The van der Waals surface area contributed by atoms with Gasteiger partial charge >= 0.3 is 12.1 Å². The summed E-state index contributed by atoms with van der Waals surface area (Å²) in [6, 6.07) is 4.41. The molecule has 0 aromatic heterocycles. The van der Waals surface area contributed by atoms with Gasteiger partial charge in [0.05, 0.1) is 24.4 Å². The fourth-order valence-corrected chi connectivity index (χ4v) is 3.99. The zero-order valence-electron chi connectivity index (χ0n) is 19.9. The van der Waals surface area contributed by atoms with Crippen molar-refractivity contribution >= 4 is 5.97 Å². The number of unbranched alkanes of at least 4 members (excludes halogenated alkanes) is 1. The van der Waals surface area contributed by atoms with E-state index in [1.807, 2.05) is 19.1 Å². The predicted octanol–water partition coefficient (Wildman–Crippen LogP) is 4.43. The molecule has 9 heteroatoms. The number of hydrogen-bond donors (Lipinski definition) is 3. The van der Waals surface area contributed by atoms with Crippen molar-refractivity contribution in [1.82, 2.24) is 0 Å². The zero-order chi connectivity index (χ0) is 25.8. The first kappa shape index (κ1) is 28.9. The third kappa shape index (κ3) is 10.0. The molecule has 6 nitrogen and oxygen atoms in total. The molecule has 5 atom stereocenters. The number of allylic oxidation sites excluding steroid dienone is 2. The van der Waals surface area contributed by atoms with Crippen molar-refractivity contribution in [1.29, 1.82) is 0 Å². The van der Waals surface area contributed by atoms with E-state index in [4.69, 9.17) is 9.47 Å². The first-order valence-corrected chi connectivity index (χ1v) is 11.9. The van der Waals surface area contributed by atoms with Crippen LogP contribution in [0.5, 0.6) is 5.75 Å². The summed E-state index contributed by atoms with van der Waals surface area (Å²) in [5, 5.41) is 30.8. The molecule has 0 amide bonds. The molecule has 196 valence electrons. The fraction of sp³-hybridized carbons (Fsp3) is 0.577. The molecule has 0 spiro atoms. The average Bonchev–Trinajstić information content (AvgIpc) is 3.08. The van der Waals surface area contributed by atoms with Crippen LogP contribution in [0.15, 0.2) is 48.6 Å². The van der Waals surface area contributed by atoms with Gasteiger partial charge in [-0.05, 0) is 49.8 Å². The molecule has 3 N–H and O–H groups in total. The number of ether oxygens (including phenoxy) is 2. The van der Waals surface area contributed by atoms with Crippen LogP contribution in [0.25, 0.3) is 0 Å². The number of carbonyl (C=O) groups excluding carboxylic acids is 1. The zero-order valence-corrected chi connectivity index (χ0v) is 19.9. The number of aliphatic hydroxyl groups is 3. The molecule has 1 aliphatic rings. The van der Waals surface area contributed by atoms with Gasteiger partial charge in [-0.25, -0.2) is 0 Å². The molecule has 2 rings (SSSR count). The molecule has 1 saturated carbocycles. The largest absolute Gasteiger partial charge is 0.491 e. The fourth-order valence-electron chi connectivity index (χ4n) is 3.99. The lowest BCUT2D eigenvalue weighted by atomic mass is 9.89. The molecule has 0 radical (unpaired) electrons. The molecule has 1 aromatic rings. The second-order valence-corrected chi connectivity index (χ2v) is 8.72. The Labute approximate surface area is 204 Å². The summed E-state index contributed by atoms with van der Waals surface area (Å²) in [6.07, 6.45) is 3.07. The van der Waals surface area contributed by atoms with Crippen molar-refractivity contribution in [3.8, 4) is 5.75 Å². The Balaban J connectivity index is 1.81. The van der Waals surface area contributed by atoms with Crippen molar-refractivity contribution in [2.45, 2.75) is 69.9 Å². The van der Waals surface area contributed by atoms with Gasteiger partial charge in [0.2, 0.25) is 0 Å². The molecule has 1 aromatic carbocycles. The Morgan fingerprint density at radius 1 is 1.23 bits per heavy atom. The number of rotatable bonds is 13. The van der Waals surface area contributed by atoms with Crippen LogP contribution in [-0.4, -0.2) is 52.8 Å². The lowest BCUT2D eigenvalue weighted by Crippen LogP contribution is -2.21. The Morgan fingerprint density at radius 3 is 2.71 bits per heavy atom. The first-order chi connectivity index (χ1) is 16.6. The van der Waals surface area contributed by atoms with Crippen LogP contribution >= 0.6 is 0 Å². The average molecular weight is 501 g/mol. The molecule has 1 fully saturated rings. The summed E-state index contributed by atoms with van der Waals surface area (Å²) in [6.45, 7) is 2.11. The van der Waals surface area contributed by atoms with E-state index in [-0.39, 0.29) is 36.6 Å². The van der Waals surface area contributed by atoms with Gasteiger partial charge in [-0.2, -0.15) is 13.2 Å². The molecule has 0 aliphatic heterocycles. The van der Waals surface area contributed by atoms with Crippen molar-refractivity contribution in [2.24, 2.45) is 11.8 Å². The lowest BCUT2D eigenvalue weighted by Gasteiger charge is -2.19. The maximum atomic E-state index is 12.8. The van der Waals surface area contributed by atoms with E-state index in [1.54, 1.807) is 6.08 Å². The predicted molar refractivity (Wildman–Crippen MR) is 125 cm³/mol. The van der Waals surface area contributed by atoms with E-state index in [0.29, 0.717) is 32.3 Å². The number of halogens is 3. The normalized spacial score (nSPS) is 23.7. The van der Waals surface area contributed by atoms with Crippen molar-refractivity contribution < 1.29 is 42.8 Å². The minimum atomic E-state index is -4.48. The van der Waals surface area contributed by atoms with Crippen LogP contribution in [0.2, 0.25) is 0 Å². The number of alkyl halides is 3. The number of benzene rings is 1. The lowest BCUT2D eigenvalue weighted by molar-refractivity contribution is -0.143. The SMILES string of the molecule is CCCOC(=O)CCC/C=C\C[C@@H]1[C@@H](/C=C/[C@@H](O)COc2cccc(C(F)(F)F)c2)[C@H](O)C[C@@H]1O. The van der Waals surface area contributed by atoms with Gasteiger partial charge in [-0.15, -0.1) is 0 Å². The van der Waals surface area contributed by atoms with E-state index < -0.39 is 30.1 Å². The monoisotopic (exact) mass is 500 g/mol. The van der Waals surface area contributed by atoms with Crippen LogP contribution < -0.4 is 4.74 Å². The highest BCUT2D eigenvalue weighted by atomic mass is 19.4. The van der Waals surface area contributed by atoms with Gasteiger partial charge in [0.1, 0.15) is 18.5 Å². The molecule has 0 saturated heterocycles. The standard InChI is InChI=1S/C26H35F3O6/c1-2-14-34-25(33)11-6-4-3-5-10-21-22(24(32)16-23(21)31)13-12-19(30)17-35-20-9-7-8-18(15-20)26(27,28)29/h3,5,7-9,12-13,15,19,21-24,30-32H,2,4,6,10-11,14,16-17H2,1H3/b5-3-,13-12+/t19-,21-,22-,23+,24-/m1/s1. The van der Waals surface area contributed by atoms with E-state index in [0.717, 1.165) is 18.6 Å². The minimum Gasteiger partial charge on any atom is -0.491 e. The number of carbonyl (C=O) groups is 1. The number of esters is 1. The van der Waals surface area contributed by atoms with E-state index in [2.05, 4.69) is 0 Å². The second kappa shape index (κ2) is 14.3. The van der Waals surface area contributed by atoms with Crippen LogP contribution in [0, 0.1) is 11.8 Å². The number of aliphatic hydroxyl groups excluding tert-OH is 3. The summed E-state index contributed by atoms with van der Waals surface area (Å²) in [5.74, 6) is -0.855. The van der Waals surface area contributed by atoms with Gasteiger partial charge in [0, 0.05) is 18.8 Å². The molecule has 35 heavy (non-hydrogen) atoms. The van der Waals surface area contributed by atoms with E-state index >= 15 is 0 Å². The second-order valence-electron chi connectivity index (χ2n) is 8.72. The van der Waals surface area contributed by atoms with Crippen molar-refractivity contribution in [3.63, 3.8) is 0 Å². The highest BCUT2D eigenvalue weighted by molar-refractivity contribution is 5.69. The quantitative estimate of drug-likeness (QED) is 0.211. The van der Waals surface area contributed by atoms with Crippen LogP contribution in [0.1, 0.15) is 51.0 Å². The van der Waals surface area contributed by atoms with Crippen molar-refractivity contribution in [2.75, 3.05) is 13.2 Å². The Bertz CT molecular complexity index is 839. The molecule has 1 aliphatic carbocycles. The summed E-state index contributed by atoms with van der Waals surface area (Å²) in [7, 11) is 0. The third-order valence-electron chi connectivity index (χ3n) is 5.85. The Kier molecular flexibility index (Phi) is 11.8. The topological polar surface area (TPSA) is 96.2 Å². The maximum Gasteiger partial charge on any atom is 0.416 e. The summed E-state index contributed by atoms with van der Waals surface area (Å²) in [4.78, 5) is 11.5. The Morgan fingerprint density at radius 2 is 2.00 bits per heavy atom. The summed E-state index contributed by atoms with van der Waals surface area (Å²) < 4.78 is 48.7. The van der Waals surface area contributed by atoms with Gasteiger partial charge in [-0.3, -0.25) is 4.79 Å². The molecule has 0 heterocycles. The molecule has 0 bridgehead atoms. The Hall–Kier alpha value is -2.36.